The third kappa shape index (κ3) is 58.9. The normalized spacial score (nSPS) is 17.0. The average molecular weight is 2180 g/mol. The minimum absolute atomic E-state index is 1.68. The fourth-order valence-corrected chi connectivity index (χ4v) is 161. The Balaban J connectivity index is 5.88. The van der Waals surface area contributed by atoms with Crippen LogP contribution in [0.2, 0.25) is 380 Å². The van der Waals surface area contributed by atoms with E-state index in [4.69, 9.17) is 119 Å². The molecule has 0 aromatic rings. The molecule has 0 aliphatic heterocycles. The lowest BCUT2D eigenvalue weighted by Gasteiger charge is -2.45. The fraction of sp³-hybridized carbons (Fsp3) is 1.00. The van der Waals surface area contributed by atoms with Gasteiger partial charge >= 0.3 is 205 Å². The molecule has 704 valence electrons. The van der Waals surface area contributed by atoms with E-state index in [1.54, 1.807) is 0 Å². The molecule has 0 amide bonds. The first-order chi connectivity index (χ1) is 50.3. The molecule has 0 radical (unpaired) electrons. The third-order valence-corrected chi connectivity index (χ3v) is 126. The highest BCUT2D eigenvalue weighted by Crippen LogP contribution is 2.37. The van der Waals surface area contributed by atoms with E-state index in [1.807, 2.05) is 19.6 Å². The summed E-state index contributed by atoms with van der Waals surface area (Å²) >= 11 is 0. The van der Waals surface area contributed by atoms with E-state index in [0.29, 0.717) is 0 Å². The predicted molar refractivity (Wildman–Crippen MR) is 550 cm³/mol. The second kappa shape index (κ2) is 42.9. The number of rotatable bonds is 58. The lowest BCUT2D eigenvalue weighted by atomic mass is 11.8. The number of hydrogen-bond donors (Lipinski definition) is 0. The van der Waals surface area contributed by atoms with Crippen LogP contribution in [0.1, 0.15) is 0 Å². The van der Waals surface area contributed by atoms with Crippen molar-refractivity contribution in [3.8, 4) is 0 Å². The minimum atomic E-state index is -2.93. The standard InChI is InChI=1S/C58H178O29Si30/c1-88(60-90(3)62-92(5,6)7)59-89(2)61-91(4)63-94(11,12)65-96(15,16)67-98(19,20)69-100(23,24)71-102(27,28)73-104(31,32)75-106(35,36)77-108(39,40)79-110(43,44)81-112(47,48)83-114(51,52)85-116(55,56)87-117(57,58)86-115(53,54)84-113(49,50)82-111(45,46)80-109(41,42)78-107(37,38)76-105(33,34)74-103(29,30)72-101(25,26)70-99(21,22)68-97(17,18)66-95(13,14)64-93(8,9)10/h88-91H,1-58H3. The van der Waals surface area contributed by atoms with E-state index in [-0.39, 0.29) is 0 Å². The summed E-state index contributed by atoms with van der Waals surface area (Å²) in [4.78, 5) is 0. The molecular formula is C58H178O29Si30. The van der Waals surface area contributed by atoms with Crippen LogP contribution >= 0.6 is 0 Å². The Morgan fingerprint density at radius 3 is 0.308 bits per heavy atom. The van der Waals surface area contributed by atoms with E-state index < -0.39 is 259 Å². The Hall–Kier alpha value is 5.35. The smallest absolute Gasteiger partial charge is 0.314 e. The van der Waals surface area contributed by atoms with Crippen LogP contribution in [0, 0.1) is 0 Å². The van der Waals surface area contributed by atoms with Gasteiger partial charge in [0, 0.05) is 0 Å². The summed E-state index contributed by atoms with van der Waals surface area (Å²) in [5.74, 6) is 0. The van der Waals surface area contributed by atoms with E-state index in [9.17, 15) is 0 Å². The van der Waals surface area contributed by atoms with Gasteiger partial charge in [0.25, 0.3) is 37.1 Å². The van der Waals surface area contributed by atoms with Crippen molar-refractivity contribution in [3.63, 3.8) is 0 Å². The van der Waals surface area contributed by atoms with Crippen molar-refractivity contribution >= 4 is 259 Å². The van der Waals surface area contributed by atoms with Crippen LogP contribution in [0.15, 0.2) is 0 Å². The third-order valence-electron chi connectivity index (χ3n) is 14.0. The van der Waals surface area contributed by atoms with Gasteiger partial charge in [0.2, 0.25) is 0 Å². The van der Waals surface area contributed by atoms with Gasteiger partial charge in [0.1, 0.15) is 0 Å². The summed E-state index contributed by atoms with van der Waals surface area (Å²) in [6.45, 7) is 120. The molecule has 59 heteroatoms. The predicted octanol–water partition coefficient (Wildman–Crippen LogP) is 19.4. The van der Waals surface area contributed by atoms with Gasteiger partial charge in [-0.15, -0.1) is 0 Å². The Morgan fingerprint density at radius 1 is 0.103 bits per heavy atom. The van der Waals surface area contributed by atoms with E-state index in [1.165, 1.54) is 0 Å². The van der Waals surface area contributed by atoms with Gasteiger partial charge in [-0.1, -0.05) is 0 Å². The molecule has 0 aromatic carbocycles. The quantitative estimate of drug-likeness (QED) is 0.0512. The van der Waals surface area contributed by atoms with Crippen molar-refractivity contribution in [1.82, 2.24) is 0 Å². The average Bonchev–Trinajstić information content (AvgIpc) is 0.831. The Kier molecular flexibility index (Phi) is 44.9. The molecule has 117 heavy (non-hydrogen) atoms. The SMILES string of the molecule is C[SiH](O[SiH](C)O[SiH](C)O[Si](C)(C)O[Si](C)(C)O[Si](C)(C)O[Si](C)(C)O[Si](C)(C)O[Si](C)(C)O[Si](C)(C)O[Si](C)(C)O[Si](C)(C)O[Si](C)(C)O[Si](C)(C)O[Si](C)(C)O[Si](C)(C)O[Si](C)(C)O[Si](C)(C)O[Si](C)(C)O[Si](C)(C)O[Si](C)(C)O[Si](C)(C)O[Si](C)(C)O[Si](C)(C)O[Si](C)(C)O[Si](C)(C)O[Si](C)(C)O[Si](C)(C)C)O[SiH](C)O[Si](C)(C)C. The van der Waals surface area contributed by atoms with Crippen LogP contribution in [-0.2, 0) is 119 Å². The molecule has 0 spiro atoms. The van der Waals surface area contributed by atoms with Crippen molar-refractivity contribution in [2.24, 2.45) is 0 Å². The maximum atomic E-state index is 7.02. The van der Waals surface area contributed by atoms with Gasteiger partial charge in [-0.25, -0.2) is 0 Å². The van der Waals surface area contributed by atoms with Crippen molar-refractivity contribution in [1.29, 1.82) is 0 Å². The van der Waals surface area contributed by atoms with E-state index in [2.05, 4.69) is 360 Å². The van der Waals surface area contributed by atoms with Crippen LogP contribution in [0.4, 0.5) is 0 Å². The van der Waals surface area contributed by atoms with Crippen LogP contribution in [0.5, 0.6) is 0 Å². The lowest BCUT2D eigenvalue weighted by molar-refractivity contribution is 0.245. The van der Waals surface area contributed by atoms with Crippen LogP contribution in [-0.4, -0.2) is 259 Å². The van der Waals surface area contributed by atoms with Crippen LogP contribution in [0.3, 0.4) is 0 Å². The first-order valence-corrected chi connectivity index (χ1v) is 124. The molecule has 0 aliphatic rings. The molecule has 29 nitrogen and oxygen atoms in total. The molecule has 0 rings (SSSR count). The van der Waals surface area contributed by atoms with Crippen molar-refractivity contribution in [2.45, 2.75) is 380 Å². The lowest BCUT2D eigenvalue weighted by Crippen LogP contribution is -2.63. The Morgan fingerprint density at radius 2 is 0.197 bits per heavy atom. The molecule has 4 atom stereocenters. The molecule has 0 N–H and O–H groups in total. The molecule has 0 saturated heterocycles. The highest BCUT2D eigenvalue weighted by Gasteiger charge is 2.57. The monoisotopic (exact) mass is 2180 g/mol. The second-order valence-electron chi connectivity index (χ2n) is 43.2. The fourth-order valence-electron chi connectivity index (χ4n) is 16.7. The molecule has 4 unspecified atom stereocenters. The summed E-state index contributed by atoms with van der Waals surface area (Å²) in [7, 11) is -79.5. The maximum absolute atomic E-state index is 7.02. The van der Waals surface area contributed by atoms with E-state index in [0.717, 1.165) is 0 Å². The molecule has 0 fully saturated rings. The maximum Gasteiger partial charge on any atom is 0.314 e. The zero-order chi connectivity index (χ0) is 93.8. The van der Waals surface area contributed by atoms with Crippen molar-refractivity contribution in [3.05, 3.63) is 0 Å². The molecule has 0 aromatic heterocycles. The van der Waals surface area contributed by atoms with Crippen LogP contribution < -0.4 is 0 Å². The highest BCUT2D eigenvalue weighted by molar-refractivity contribution is 6.98. The number of hydrogen-bond acceptors (Lipinski definition) is 29. The van der Waals surface area contributed by atoms with E-state index >= 15 is 0 Å². The van der Waals surface area contributed by atoms with Gasteiger partial charge in [0.15, 0.2) is 16.6 Å². The largest absolute Gasteiger partial charge is 0.439 e. The molecule has 0 aliphatic carbocycles. The summed E-state index contributed by atoms with van der Waals surface area (Å²) in [5.41, 5.74) is 0. The molecular weight excluding hydrogens is 2000 g/mol. The van der Waals surface area contributed by atoms with Crippen molar-refractivity contribution < 1.29 is 119 Å². The minimum Gasteiger partial charge on any atom is -0.439 e. The zero-order valence-corrected chi connectivity index (χ0v) is 116. The Bertz CT molecular complexity index is 3060. The van der Waals surface area contributed by atoms with Gasteiger partial charge in [-0.05, 0) is 380 Å². The first-order valence-electron chi connectivity index (χ1n) is 41.4. The summed E-state index contributed by atoms with van der Waals surface area (Å²) < 4.78 is 198. The van der Waals surface area contributed by atoms with Gasteiger partial charge in [0.05, 0.1) is 0 Å². The molecule has 0 saturated carbocycles. The highest BCUT2D eigenvalue weighted by atomic mass is 28.6. The Labute approximate surface area is 751 Å². The summed E-state index contributed by atoms with van der Waals surface area (Å²) in [5, 5.41) is 0. The molecule has 0 bridgehead atoms. The van der Waals surface area contributed by atoms with Gasteiger partial charge in [-0.2, -0.15) is 0 Å². The van der Waals surface area contributed by atoms with Gasteiger partial charge < -0.3 is 119 Å². The van der Waals surface area contributed by atoms with Crippen molar-refractivity contribution in [2.75, 3.05) is 0 Å². The van der Waals surface area contributed by atoms with Gasteiger partial charge in [-0.3, -0.25) is 0 Å². The zero-order valence-electron chi connectivity index (χ0n) is 85.1. The first kappa shape index (κ1) is 122. The van der Waals surface area contributed by atoms with Crippen LogP contribution in [0.25, 0.3) is 0 Å². The summed E-state index contributed by atoms with van der Waals surface area (Å²) in [6.07, 6.45) is 0. The topological polar surface area (TPSA) is 268 Å². The molecule has 0 heterocycles. The second-order valence-corrected chi connectivity index (χ2v) is 148. The summed E-state index contributed by atoms with van der Waals surface area (Å²) in [6, 6.07) is 0.